The van der Waals surface area contributed by atoms with Crippen molar-refractivity contribution < 1.29 is 18.7 Å². The van der Waals surface area contributed by atoms with Crippen LogP contribution in [0.15, 0.2) is 68.5 Å². The number of aromatic nitrogens is 1. The number of phenols is 1. The fraction of sp³-hybridized carbons (Fsp3) is 0.0476. The van der Waals surface area contributed by atoms with E-state index in [4.69, 9.17) is 9.15 Å². The number of rotatable bonds is 4. The zero-order valence-electron chi connectivity index (χ0n) is 14.7. The molecule has 5 nitrogen and oxygen atoms in total. The van der Waals surface area contributed by atoms with Gasteiger partial charge >= 0.3 is 0 Å². The van der Waals surface area contributed by atoms with Gasteiger partial charge in [0.05, 0.1) is 12.8 Å². The van der Waals surface area contributed by atoms with Crippen LogP contribution in [0.1, 0.15) is 5.56 Å². The molecule has 0 fully saturated rings. The van der Waals surface area contributed by atoms with E-state index >= 15 is 0 Å². The van der Waals surface area contributed by atoms with Crippen molar-refractivity contribution in [2.24, 2.45) is 4.99 Å². The summed E-state index contributed by atoms with van der Waals surface area (Å²) >= 11 is 3.38. The smallest absolute Gasteiger partial charge is 0.227 e. The molecule has 3 aromatic carbocycles. The third-order valence-corrected chi connectivity index (χ3v) is 4.56. The molecular weight excluding hydrogens is 427 g/mol. The molecule has 0 aliphatic carbocycles. The van der Waals surface area contributed by atoms with Crippen molar-refractivity contribution in [2.75, 3.05) is 7.11 Å². The van der Waals surface area contributed by atoms with Crippen molar-refractivity contribution in [1.29, 1.82) is 0 Å². The van der Waals surface area contributed by atoms with Crippen LogP contribution in [0.2, 0.25) is 0 Å². The zero-order valence-corrected chi connectivity index (χ0v) is 16.3. The van der Waals surface area contributed by atoms with Crippen LogP contribution in [0.4, 0.5) is 10.1 Å². The highest BCUT2D eigenvalue weighted by Gasteiger charge is 2.10. The molecule has 4 rings (SSSR count). The molecule has 0 saturated carbocycles. The van der Waals surface area contributed by atoms with E-state index < -0.39 is 0 Å². The third-order valence-electron chi connectivity index (χ3n) is 4.10. The van der Waals surface area contributed by atoms with Gasteiger partial charge in [0.1, 0.15) is 11.3 Å². The van der Waals surface area contributed by atoms with E-state index in [1.807, 2.05) is 0 Å². The van der Waals surface area contributed by atoms with E-state index in [-0.39, 0.29) is 11.6 Å². The first-order valence-corrected chi connectivity index (χ1v) is 9.10. The van der Waals surface area contributed by atoms with Gasteiger partial charge in [-0.05, 0) is 54.6 Å². The Morgan fingerprint density at radius 2 is 1.93 bits per heavy atom. The molecule has 0 aliphatic rings. The maximum absolute atomic E-state index is 13.1. The minimum atomic E-state index is -0.316. The van der Waals surface area contributed by atoms with Gasteiger partial charge < -0.3 is 14.3 Å². The van der Waals surface area contributed by atoms with Crippen LogP contribution in [-0.2, 0) is 0 Å². The van der Waals surface area contributed by atoms with Gasteiger partial charge in [-0.25, -0.2) is 9.37 Å². The van der Waals surface area contributed by atoms with Crippen molar-refractivity contribution in [2.45, 2.75) is 0 Å². The molecule has 0 amide bonds. The summed E-state index contributed by atoms with van der Waals surface area (Å²) in [6.45, 7) is 0. The molecule has 4 aromatic rings. The molecule has 140 valence electrons. The maximum Gasteiger partial charge on any atom is 0.227 e. The van der Waals surface area contributed by atoms with Crippen LogP contribution in [0.3, 0.4) is 0 Å². The van der Waals surface area contributed by atoms with Crippen LogP contribution in [0.5, 0.6) is 11.5 Å². The Labute approximate surface area is 168 Å². The van der Waals surface area contributed by atoms with E-state index in [0.29, 0.717) is 39.6 Å². The number of hydrogen-bond donors (Lipinski definition) is 1. The van der Waals surface area contributed by atoms with Crippen molar-refractivity contribution in [3.8, 4) is 23.0 Å². The minimum absolute atomic E-state index is 0.00978. The van der Waals surface area contributed by atoms with Gasteiger partial charge in [-0.2, -0.15) is 0 Å². The highest BCUT2D eigenvalue weighted by Crippen LogP contribution is 2.33. The summed E-state index contributed by atoms with van der Waals surface area (Å²) in [5, 5.41) is 10.2. The molecule has 0 aliphatic heterocycles. The van der Waals surface area contributed by atoms with Gasteiger partial charge in [-0.1, -0.05) is 15.9 Å². The summed E-state index contributed by atoms with van der Waals surface area (Å²) < 4.78 is 24.7. The predicted molar refractivity (Wildman–Crippen MR) is 109 cm³/mol. The molecule has 1 heterocycles. The van der Waals surface area contributed by atoms with Crippen molar-refractivity contribution in [3.63, 3.8) is 0 Å². The average Bonchev–Trinajstić information content (AvgIpc) is 3.12. The first kappa shape index (κ1) is 18.2. The van der Waals surface area contributed by atoms with Crippen molar-refractivity contribution in [3.05, 3.63) is 70.5 Å². The normalized spacial score (nSPS) is 11.4. The molecule has 1 aromatic heterocycles. The summed E-state index contributed by atoms with van der Waals surface area (Å²) in [6, 6.07) is 14.7. The fourth-order valence-electron chi connectivity index (χ4n) is 2.70. The number of hydrogen-bond acceptors (Lipinski definition) is 5. The summed E-state index contributed by atoms with van der Waals surface area (Å²) in [5.41, 5.74) is 3.08. The molecule has 0 bridgehead atoms. The van der Waals surface area contributed by atoms with Gasteiger partial charge in [0, 0.05) is 21.8 Å². The summed E-state index contributed by atoms with van der Waals surface area (Å²) in [6.07, 6.45) is 1.55. The zero-order chi connectivity index (χ0) is 19.7. The summed E-state index contributed by atoms with van der Waals surface area (Å²) in [5.74, 6) is 0.455. The number of halogens is 2. The van der Waals surface area contributed by atoms with Crippen LogP contribution in [0, 0.1) is 5.82 Å². The Hall–Kier alpha value is -3.19. The number of oxazole rings is 1. The largest absolute Gasteiger partial charge is 0.504 e. The number of phenolic OH excluding ortho intramolecular Hbond substituents is 1. The topological polar surface area (TPSA) is 67.9 Å². The minimum Gasteiger partial charge on any atom is -0.504 e. The van der Waals surface area contributed by atoms with Crippen LogP contribution < -0.4 is 4.74 Å². The van der Waals surface area contributed by atoms with Crippen molar-refractivity contribution >= 4 is 38.9 Å². The molecule has 0 atom stereocenters. The lowest BCUT2D eigenvalue weighted by Gasteiger charge is -2.06. The monoisotopic (exact) mass is 440 g/mol. The van der Waals surface area contributed by atoms with Crippen LogP contribution in [-0.4, -0.2) is 23.4 Å². The number of methoxy groups -OCH3 is 1. The van der Waals surface area contributed by atoms with Gasteiger partial charge in [0.2, 0.25) is 5.89 Å². The Kier molecular flexibility index (Phi) is 4.83. The van der Waals surface area contributed by atoms with E-state index in [1.165, 1.54) is 19.2 Å². The third kappa shape index (κ3) is 3.61. The first-order valence-electron chi connectivity index (χ1n) is 8.30. The SMILES string of the molecule is COc1cc(Br)cc(C=Nc2ccc3oc(-c4ccc(F)cc4)nc3c2)c1O. The predicted octanol–water partition coefficient (Wildman–Crippen LogP) is 5.86. The standard InChI is InChI=1S/C21H14BrFN2O3/c1-27-19-9-14(22)8-13(20(19)26)11-24-16-6-7-18-17(10-16)25-21(28-18)12-2-4-15(23)5-3-12/h2-11,26H,1H3. The molecule has 0 saturated heterocycles. The van der Waals surface area contributed by atoms with Gasteiger partial charge in [0.25, 0.3) is 0 Å². The van der Waals surface area contributed by atoms with E-state index in [9.17, 15) is 9.50 Å². The lowest BCUT2D eigenvalue weighted by Crippen LogP contribution is -1.89. The average molecular weight is 441 g/mol. The van der Waals surface area contributed by atoms with E-state index in [1.54, 1.807) is 48.7 Å². The highest BCUT2D eigenvalue weighted by atomic mass is 79.9. The second kappa shape index (κ2) is 7.44. The van der Waals surface area contributed by atoms with E-state index in [2.05, 4.69) is 25.9 Å². The molecule has 1 N–H and O–H groups in total. The Morgan fingerprint density at radius 3 is 2.68 bits per heavy atom. The number of aromatic hydroxyl groups is 1. The molecule has 0 unspecified atom stereocenters. The molecular formula is C21H14BrFN2O3. The number of benzene rings is 3. The van der Waals surface area contributed by atoms with Gasteiger partial charge in [-0.3, -0.25) is 4.99 Å². The van der Waals surface area contributed by atoms with Crippen LogP contribution in [0.25, 0.3) is 22.6 Å². The number of ether oxygens (including phenoxy) is 1. The maximum atomic E-state index is 13.1. The van der Waals surface area contributed by atoms with E-state index in [0.717, 1.165) is 4.47 Å². The molecule has 28 heavy (non-hydrogen) atoms. The summed E-state index contributed by atoms with van der Waals surface area (Å²) in [7, 11) is 1.49. The van der Waals surface area contributed by atoms with Crippen molar-refractivity contribution in [1.82, 2.24) is 4.98 Å². The lowest BCUT2D eigenvalue weighted by atomic mass is 10.2. The fourth-order valence-corrected chi connectivity index (χ4v) is 3.16. The first-order chi connectivity index (χ1) is 13.5. The van der Waals surface area contributed by atoms with Gasteiger partial charge in [-0.15, -0.1) is 0 Å². The molecule has 0 radical (unpaired) electrons. The second-order valence-corrected chi connectivity index (χ2v) is 6.90. The molecule has 7 heteroatoms. The Balaban J connectivity index is 1.66. The number of aliphatic imine (C=N–C) groups is 1. The van der Waals surface area contributed by atoms with Gasteiger partial charge in [0.15, 0.2) is 17.1 Å². The highest BCUT2D eigenvalue weighted by molar-refractivity contribution is 9.10. The lowest BCUT2D eigenvalue weighted by molar-refractivity contribution is 0.373. The summed E-state index contributed by atoms with van der Waals surface area (Å²) in [4.78, 5) is 8.85. The van der Waals surface area contributed by atoms with Crippen LogP contribution >= 0.6 is 15.9 Å². The molecule has 0 spiro atoms. The number of fused-ring (bicyclic) bond motifs is 1. The quantitative estimate of drug-likeness (QED) is 0.403. The number of nitrogens with zero attached hydrogens (tertiary/aromatic N) is 2. The Bertz CT molecular complexity index is 1190. The Morgan fingerprint density at radius 1 is 1.14 bits per heavy atom. The second-order valence-electron chi connectivity index (χ2n) is 5.98.